The monoisotopic (exact) mass is 268 g/mol. The van der Waals surface area contributed by atoms with Crippen LogP contribution in [0.3, 0.4) is 0 Å². The van der Waals surface area contributed by atoms with E-state index >= 15 is 0 Å². The molecule has 0 amide bonds. The van der Waals surface area contributed by atoms with Gasteiger partial charge in [-0.2, -0.15) is 0 Å². The number of rotatable bonds is 4. The van der Waals surface area contributed by atoms with Crippen molar-refractivity contribution >= 4 is 18.5 Å². The topological polar surface area (TPSA) is 129 Å². The first-order valence-electron chi connectivity index (χ1n) is 4.79. The molecule has 1 unspecified atom stereocenters. The van der Waals surface area contributed by atoms with Crippen LogP contribution in [0.1, 0.15) is 13.8 Å². The summed E-state index contributed by atoms with van der Waals surface area (Å²) in [7, 11) is 1.28. The highest BCUT2D eigenvalue weighted by molar-refractivity contribution is 5.59. The summed E-state index contributed by atoms with van der Waals surface area (Å²) in [6, 6.07) is 0. The van der Waals surface area contributed by atoms with E-state index in [-0.39, 0.29) is 6.61 Å². The molecule has 0 rings (SSSR count). The van der Waals surface area contributed by atoms with Gasteiger partial charge in [0.2, 0.25) is 0 Å². The molecule has 0 heterocycles. The molecule has 18 heavy (non-hydrogen) atoms. The number of methoxy groups -OCH3 is 1. The molecule has 0 radical (unpaired) electrons. The van der Waals surface area contributed by atoms with Crippen molar-refractivity contribution in [1.82, 2.24) is 0 Å². The lowest BCUT2D eigenvalue weighted by Gasteiger charge is -2.08. The lowest BCUT2D eigenvalue weighted by Crippen LogP contribution is -2.20. The van der Waals surface area contributed by atoms with Crippen LogP contribution >= 0.6 is 0 Å². The average Bonchev–Trinajstić information content (AvgIpc) is 2.26. The van der Waals surface area contributed by atoms with Gasteiger partial charge >= 0.3 is 18.5 Å². The molecule has 0 spiro atoms. The van der Waals surface area contributed by atoms with Crippen LogP contribution < -0.4 is 0 Å². The predicted molar refractivity (Wildman–Crippen MR) is 56.6 cm³/mol. The van der Waals surface area contributed by atoms with Crippen molar-refractivity contribution in [3.05, 3.63) is 0 Å². The van der Waals surface area contributed by atoms with Crippen molar-refractivity contribution in [1.29, 1.82) is 0 Å². The molecule has 0 saturated carbocycles. The third kappa shape index (κ3) is 16.2. The Morgan fingerprint density at radius 1 is 1.11 bits per heavy atom. The highest BCUT2D eigenvalue weighted by atomic mass is 16.7. The minimum absolute atomic E-state index is 0.290. The van der Waals surface area contributed by atoms with Crippen LogP contribution in [0.25, 0.3) is 0 Å². The van der Waals surface area contributed by atoms with Gasteiger partial charge in [-0.3, -0.25) is 0 Å². The minimum Gasteiger partial charge on any atom is -0.450 e. The van der Waals surface area contributed by atoms with Crippen molar-refractivity contribution in [2.24, 2.45) is 0 Å². The van der Waals surface area contributed by atoms with E-state index in [9.17, 15) is 14.4 Å². The van der Waals surface area contributed by atoms with Crippen LogP contribution in [0.2, 0.25) is 0 Å². The van der Waals surface area contributed by atoms with E-state index in [0.29, 0.717) is 6.61 Å². The lowest BCUT2D eigenvalue weighted by molar-refractivity contribution is 0.0122. The Labute approximate surface area is 103 Å². The quantitative estimate of drug-likeness (QED) is 0.576. The fourth-order valence-corrected chi connectivity index (χ4v) is 0.572. The lowest BCUT2D eigenvalue weighted by atomic mass is 10.4. The molecule has 0 aliphatic carbocycles. The van der Waals surface area contributed by atoms with Gasteiger partial charge in [-0.15, -0.1) is 0 Å². The highest BCUT2D eigenvalue weighted by Crippen LogP contribution is 1.92. The van der Waals surface area contributed by atoms with Crippen LogP contribution in [0.15, 0.2) is 0 Å². The third-order valence-electron chi connectivity index (χ3n) is 1.17. The summed E-state index contributed by atoms with van der Waals surface area (Å²) in [6.07, 6.45) is -4.30. The number of carboxylic acid groups (broad SMARTS) is 2. The van der Waals surface area contributed by atoms with E-state index < -0.39 is 24.6 Å². The Bertz CT molecular complexity index is 263. The van der Waals surface area contributed by atoms with E-state index in [0.717, 1.165) is 0 Å². The zero-order valence-corrected chi connectivity index (χ0v) is 10.2. The molecule has 0 aromatic rings. The van der Waals surface area contributed by atoms with Gasteiger partial charge in [-0.25, -0.2) is 14.4 Å². The van der Waals surface area contributed by atoms with Crippen LogP contribution in [-0.4, -0.2) is 55.1 Å². The summed E-state index contributed by atoms with van der Waals surface area (Å²) < 4.78 is 16.6. The third-order valence-corrected chi connectivity index (χ3v) is 1.17. The average molecular weight is 268 g/mol. The Morgan fingerprint density at radius 2 is 1.67 bits per heavy atom. The molecular weight excluding hydrogens is 252 g/mol. The summed E-state index contributed by atoms with van der Waals surface area (Å²) in [5.74, 6) is 0. The van der Waals surface area contributed by atoms with E-state index in [2.05, 4.69) is 18.9 Å². The van der Waals surface area contributed by atoms with E-state index in [4.69, 9.17) is 10.2 Å². The zero-order chi connectivity index (χ0) is 14.6. The van der Waals surface area contributed by atoms with Gasteiger partial charge in [0.15, 0.2) is 0 Å². The van der Waals surface area contributed by atoms with Crippen LogP contribution in [-0.2, 0) is 18.9 Å². The van der Waals surface area contributed by atoms with Gasteiger partial charge in [-0.1, -0.05) is 0 Å². The SMILES string of the molecule is CC(COC(=O)O)OC(=O)O.CCOC(=O)OC. The second-order valence-electron chi connectivity index (χ2n) is 2.66. The highest BCUT2D eigenvalue weighted by Gasteiger charge is 2.09. The van der Waals surface area contributed by atoms with E-state index in [1.165, 1.54) is 14.0 Å². The Balaban J connectivity index is 0. The first-order chi connectivity index (χ1) is 8.33. The van der Waals surface area contributed by atoms with Gasteiger partial charge in [0.05, 0.1) is 13.7 Å². The fraction of sp³-hybridized carbons (Fsp3) is 0.667. The molecule has 9 heteroatoms. The number of carbonyl (C=O) groups is 3. The molecule has 0 aromatic heterocycles. The first-order valence-corrected chi connectivity index (χ1v) is 4.79. The molecule has 0 fully saturated rings. The van der Waals surface area contributed by atoms with Crippen molar-refractivity contribution in [3.63, 3.8) is 0 Å². The van der Waals surface area contributed by atoms with Crippen molar-refractivity contribution in [3.8, 4) is 0 Å². The van der Waals surface area contributed by atoms with Gasteiger partial charge < -0.3 is 29.2 Å². The second-order valence-corrected chi connectivity index (χ2v) is 2.66. The second kappa shape index (κ2) is 11.3. The summed E-state index contributed by atoms with van der Waals surface area (Å²) in [5, 5.41) is 16.0. The van der Waals surface area contributed by atoms with Crippen molar-refractivity contribution < 1.29 is 43.5 Å². The zero-order valence-electron chi connectivity index (χ0n) is 10.2. The molecular formula is C9H16O9. The number of hydrogen-bond donors (Lipinski definition) is 2. The van der Waals surface area contributed by atoms with Crippen molar-refractivity contribution in [2.45, 2.75) is 20.0 Å². The maximum absolute atomic E-state index is 9.97. The van der Waals surface area contributed by atoms with Crippen LogP contribution in [0.5, 0.6) is 0 Å². The van der Waals surface area contributed by atoms with Crippen LogP contribution in [0.4, 0.5) is 14.4 Å². The molecule has 0 aliphatic heterocycles. The van der Waals surface area contributed by atoms with E-state index in [1.807, 2.05) is 0 Å². The smallest absolute Gasteiger partial charge is 0.450 e. The Morgan fingerprint density at radius 3 is 1.94 bits per heavy atom. The molecule has 106 valence electrons. The summed E-state index contributed by atoms with van der Waals surface area (Å²) >= 11 is 0. The number of carbonyl (C=O) groups excluding carboxylic acids is 1. The van der Waals surface area contributed by atoms with Crippen LogP contribution in [0, 0.1) is 0 Å². The Kier molecular flexibility index (Phi) is 11.4. The molecule has 0 saturated heterocycles. The van der Waals surface area contributed by atoms with Gasteiger partial charge in [0.1, 0.15) is 12.7 Å². The molecule has 1 atom stereocenters. The molecule has 0 aliphatic rings. The van der Waals surface area contributed by atoms with E-state index in [1.54, 1.807) is 6.92 Å². The molecule has 0 bridgehead atoms. The van der Waals surface area contributed by atoms with Gasteiger partial charge in [0.25, 0.3) is 0 Å². The normalized spacial score (nSPS) is 10.2. The summed E-state index contributed by atoms with van der Waals surface area (Å²) in [5.41, 5.74) is 0. The maximum Gasteiger partial charge on any atom is 0.507 e. The Hall–Kier alpha value is -2.19. The minimum atomic E-state index is -1.45. The standard InChI is InChI=1S/C5H8O6.C4H8O3/c1-3(11-5(8)9)2-10-4(6)7;1-3-7-4(5)6-2/h3H,2H2,1H3,(H,6,7)(H,8,9);3H2,1-2H3. The predicted octanol–water partition coefficient (Wildman–Crippen LogP) is 1.55. The maximum atomic E-state index is 9.97. The summed E-state index contributed by atoms with van der Waals surface area (Å²) in [4.78, 5) is 29.6. The number of ether oxygens (including phenoxy) is 4. The largest absolute Gasteiger partial charge is 0.507 e. The van der Waals surface area contributed by atoms with Gasteiger partial charge in [-0.05, 0) is 13.8 Å². The van der Waals surface area contributed by atoms with Crippen molar-refractivity contribution in [2.75, 3.05) is 20.3 Å². The molecule has 2 N–H and O–H groups in total. The molecule has 9 nitrogen and oxygen atoms in total. The first kappa shape index (κ1) is 18.2. The van der Waals surface area contributed by atoms with Gasteiger partial charge in [0, 0.05) is 0 Å². The molecule has 0 aromatic carbocycles. The summed E-state index contributed by atoms with van der Waals surface area (Å²) in [6.45, 7) is 3.18. The fourth-order valence-electron chi connectivity index (χ4n) is 0.572. The number of hydrogen-bond acceptors (Lipinski definition) is 7.